The molecule has 30 heavy (non-hydrogen) atoms. The monoisotopic (exact) mass is 428 g/mol. The van der Waals surface area contributed by atoms with Gasteiger partial charge >= 0.3 is 0 Å². The number of anilines is 1. The first kappa shape index (κ1) is 24.3. The van der Waals surface area contributed by atoms with E-state index >= 15 is 0 Å². The van der Waals surface area contributed by atoms with Gasteiger partial charge < -0.3 is 10.4 Å². The zero-order valence-corrected chi connectivity index (χ0v) is 19.1. The molecule has 0 atom stereocenters. The lowest BCUT2D eigenvalue weighted by Crippen LogP contribution is -2.11. The minimum absolute atomic E-state index is 0.0439. The van der Waals surface area contributed by atoms with E-state index in [1.165, 1.54) is 51.4 Å². The van der Waals surface area contributed by atoms with Gasteiger partial charge in [0.15, 0.2) is 0 Å². The summed E-state index contributed by atoms with van der Waals surface area (Å²) in [5.74, 6) is 1.06. The second kappa shape index (κ2) is 14.1. The van der Waals surface area contributed by atoms with E-state index in [0.29, 0.717) is 17.7 Å². The number of aromatic nitrogens is 1. The minimum atomic E-state index is -0.0439. The normalized spacial score (nSPS) is 10.9. The van der Waals surface area contributed by atoms with Gasteiger partial charge in [-0.15, -0.1) is 0 Å². The third-order valence-corrected chi connectivity index (χ3v) is 5.65. The smallest absolute Gasteiger partial charge is 0.224 e. The Kier molecular flexibility index (Phi) is 11.4. The Balaban J connectivity index is 1.66. The van der Waals surface area contributed by atoms with Crippen molar-refractivity contribution in [1.82, 2.24) is 4.98 Å². The number of aryl methyl sites for hydroxylation is 1. The first-order valence-electron chi connectivity index (χ1n) is 11.3. The molecule has 0 radical (unpaired) electrons. The van der Waals surface area contributed by atoms with Crippen LogP contribution in [0.1, 0.15) is 76.3 Å². The fourth-order valence-corrected chi connectivity index (χ4v) is 3.84. The average Bonchev–Trinajstić information content (AvgIpc) is 2.73. The molecule has 1 aromatic carbocycles. The summed E-state index contributed by atoms with van der Waals surface area (Å²) in [6.45, 7) is 1.91. The van der Waals surface area contributed by atoms with Crippen LogP contribution in [0, 0.1) is 6.92 Å². The number of nitrogens with zero attached hydrogens (tertiary/aromatic N) is 1. The number of unbranched alkanes of at least 4 members (excludes halogenated alkanes) is 9. The summed E-state index contributed by atoms with van der Waals surface area (Å²) in [7, 11) is 0. The highest BCUT2D eigenvalue weighted by Gasteiger charge is 2.11. The fraction of sp³-hybridized carbons (Fsp3) is 0.520. The van der Waals surface area contributed by atoms with Crippen LogP contribution in [-0.2, 0) is 4.79 Å². The number of phenols is 1. The van der Waals surface area contributed by atoms with E-state index in [1.54, 1.807) is 12.3 Å². The van der Waals surface area contributed by atoms with Gasteiger partial charge in [-0.05, 0) is 49.3 Å². The number of phenolic OH excluding ortho intramolecular Hbond substituents is 1. The predicted molar refractivity (Wildman–Crippen MR) is 129 cm³/mol. The largest absolute Gasteiger partial charge is 0.505 e. The summed E-state index contributed by atoms with van der Waals surface area (Å²) in [5, 5.41) is 13.5. The molecule has 0 saturated carbocycles. The van der Waals surface area contributed by atoms with E-state index in [-0.39, 0.29) is 11.7 Å². The number of carbonyl (C=O) groups excluding carboxylic acids is 1. The Hall–Kier alpha value is -2.01. The Morgan fingerprint density at radius 3 is 2.23 bits per heavy atom. The maximum atomic E-state index is 12.3. The lowest BCUT2D eigenvalue weighted by molar-refractivity contribution is -0.116. The van der Waals surface area contributed by atoms with Crippen molar-refractivity contribution in [3.63, 3.8) is 0 Å². The molecule has 1 aromatic heterocycles. The number of rotatable bonds is 14. The molecule has 2 aromatic rings. The van der Waals surface area contributed by atoms with Crippen LogP contribution < -0.4 is 5.32 Å². The first-order valence-corrected chi connectivity index (χ1v) is 11.9. The third kappa shape index (κ3) is 8.78. The van der Waals surface area contributed by atoms with Gasteiger partial charge in [-0.25, -0.2) is 0 Å². The Morgan fingerprint density at radius 1 is 0.967 bits per heavy atom. The predicted octanol–water partition coefficient (Wildman–Crippen LogP) is 6.92. The van der Waals surface area contributed by atoms with Crippen LogP contribution in [0.3, 0.4) is 0 Å². The van der Waals surface area contributed by atoms with Gasteiger partial charge in [-0.1, -0.05) is 63.5 Å². The molecule has 0 bridgehead atoms. The quantitative estimate of drug-likeness (QED) is 0.174. The Bertz CT molecular complexity index is 779. The number of aromatic hydroxyl groups is 1. The number of carbonyl (C=O) groups is 1. The van der Waals surface area contributed by atoms with Crippen LogP contribution in [0.15, 0.2) is 36.5 Å². The lowest BCUT2D eigenvalue weighted by Gasteiger charge is -2.11. The van der Waals surface area contributed by atoms with Crippen LogP contribution in [-0.4, -0.2) is 21.8 Å². The Labute approximate surface area is 186 Å². The maximum absolute atomic E-state index is 12.3. The number of nitrogens with one attached hydrogen (secondary N) is 1. The molecular formula is C25H36N2O2S. The zero-order valence-electron chi connectivity index (χ0n) is 18.2. The molecule has 164 valence electrons. The molecule has 2 rings (SSSR count). The standard InChI is InChI=1S/C25H36N2O2S/c1-20-19-21(16-17-26-20)22-13-12-14-23(25(22)29)27-24(28)15-10-8-6-4-2-3-5-7-9-11-18-30/h12-14,16-17,19,29-30H,2-11,15,18H2,1H3,(H,27,28). The second-order valence-corrected chi connectivity index (χ2v) is 8.39. The second-order valence-electron chi connectivity index (χ2n) is 7.94. The van der Waals surface area contributed by atoms with Gasteiger partial charge in [0, 0.05) is 23.9 Å². The van der Waals surface area contributed by atoms with Crippen molar-refractivity contribution in [3.05, 3.63) is 42.2 Å². The van der Waals surface area contributed by atoms with Crippen molar-refractivity contribution >= 4 is 24.2 Å². The molecule has 0 unspecified atom stereocenters. The summed E-state index contributed by atoms with van der Waals surface area (Å²) in [6.07, 6.45) is 14.4. The Morgan fingerprint density at radius 2 is 1.60 bits per heavy atom. The number of amides is 1. The van der Waals surface area contributed by atoms with Crippen LogP contribution in [0.25, 0.3) is 11.1 Å². The summed E-state index contributed by atoms with van der Waals surface area (Å²) in [6, 6.07) is 9.21. The minimum Gasteiger partial charge on any atom is -0.505 e. The van der Waals surface area contributed by atoms with E-state index in [9.17, 15) is 9.90 Å². The van der Waals surface area contributed by atoms with E-state index in [2.05, 4.69) is 22.9 Å². The summed E-state index contributed by atoms with van der Waals surface area (Å²) in [4.78, 5) is 16.5. The molecule has 5 heteroatoms. The fourth-order valence-electron chi connectivity index (χ4n) is 3.61. The van der Waals surface area contributed by atoms with Crippen molar-refractivity contribution in [1.29, 1.82) is 0 Å². The molecule has 0 aliphatic carbocycles. The van der Waals surface area contributed by atoms with E-state index < -0.39 is 0 Å². The molecule has 0 aliphatic rings. The highest BCUT2D eigenvalue weighted by molar-refractivity contribution is 7.80. The molecule has 0 spiro atoms. The zero-order chi connectivity index (χ0) is 21.6. The molecule has 0 fully saturated rings. The van der Waals surface area contributed by atoms with Gasteiger partial charge in [0.25, 0.3) is 0 Å². The van der Waals surface area contributed by atoms with Gasteiger partial charge in [-0.3, -0.25) is 9.78 Å². The van der Waals surface area contributed by atoms with Crippen LogP contribution in [0.2, 0.25) is 0 Å². The van der Waals surface area contributed by atoms with Crippen molar-refractivity contribution < 1.29 is 9.90 Å². The van der Waals surface area contributed by atoms with E-state index in [1.807, 2.05) is 31.2 Å². The molecular weight excluding hydrogens is 392 g/mol. The van der Waals surface area contributed by atoms with Crippen LogP contribution in [0.5, 0.6) is 5.75 Å². The van der Waals surface area contributed by atoms with Crippen molar-refractivity contribution in [2.75, 3.05) is 11.1 Å². The average molecular weight is 429 g/mol. The van der Waals surface area contributed by atoms with Crippen molar-refractivity contribution in [2.45, 2.75) is 77.6 Å². The van der Waals surface area contributed by atoms with Gasteiger partial charge in [0.2, 0.25) is 5.91 Å². The molecule has 1 amide bonds. The van der Waals surface area contributed by atoms with Crippen molar-refractivity contribution in [3.8, 4) is 16.9 Å². The number of benzene rings is 1. The molecule has 2 N–H and O–H groups in total. The number of hydrogen-bond donors (Lipinski definition) is 3. The molecule has 1 heterocycles. The number of para-hydroxylation sites is 1. The number of hydrogen-bond acceptors (Lipinski definition) is 4. The summed E-state index contributed by atoms with van der Waals surface area (Å²) < 4.78 is 0. The van der Waals surface area contributed by atoms with E-state index in [0.717, 1.165) is 29.9 Å². The number of pyridine rings is 1. The summed E-state index contributed by atoms with van der Waals surface area (Å²) in [5.41, 5.74) is 2.93. The van der Waals surface area contributed by atoms with Gasteiger partial charge in [0.1, 0.15) is 5.75 Å². The molecule has 4 nitrogen and oxygen atoms in total. The SMILES string of the molecule is Cc1cc(-c2cccc(NC(=O)CCCCCCCCCCCCS)c2O)ccn1. The van der Waals surface area contributed by atoms with Gasteiger partial charge in [0.05, 0.1) is 5.69 Å². The van der Waals surface area contributed by atoms with Crippen LogP contribution in [0.4, 0.5) is 5.69 Å². The molecule has 0 saturated heterocycles. The topological polar surface area (TPSA) is 62.2 Å². The highest BCUT2D eigenvalue weighted by atomic mass is 32.1. The van der Waals surface area contributed by atoms with Crippen LogP contribution >= 0.6 is 12.6 Å². The van der Waals surface area contributed by atoms with E-state index in [4.69, 9.17) is 0 Å². The van der Waals surface area contributed by atoms with Gasteiger partial charge in [-0.2, -0.15) is 12.6 Å². The lowest BCUT2D eigenvalue weighted by atomic mass is 10.0. The maximum Gasteiger partial charge on any atom is 0.224 e. The molecule has 0 aliphatic heterocycles. The first-order chi connectivity index (χ1) is 14.6. The third-order valence-electron chi connectivity index (χ3n) is 5.33. The van der Waals surface area contributed by atoms with Crippen molar-refractivity contribution in [2.24, 2.45) is 0 Å². The highest BCUT2D eigenvalue weighted by Crippen LogP contribution is 2.35. The number of thiol groups is 1. The summed E-state index contributed by atoms with van der Waals surface area (Å²) >= 11 is 4.24.